The molecule has 1 heterocycles. The highest BCUT2D eigenvalue weighted by Gasteiger charge is 2.36. The number of methoxy groups -OCH3 is 2. The van der Waals surface area contributed by atoms with Gasteiger partial charge in [-0.2, -0.15) is 0 Å². The fraction of sp³-hybridized carbons (Fsp3) is 0.708. The van der Waals surface area contributed by atoms with Crippen LogP contribution in [0.1, 0.15) is 70.9 Å². The first kappa shape index (κ1) is 21.9. The van der Waals surface area contributed by atoms with Crippen molar-refractivity contribution >= 4 is 5.91 Å². The van der Waals surface area contributed by atoms with Gasteiger partial charge in [-0.15, -0.1) is 0 Å². The third-order valence-corrected chi connectivity index (χ3v) is 6.76. The van der Waals surface area contributed by atoms with Crippen LogP contribution in [-0.2, 0) is 4.79 Å². The molecule has 0 bridgehead atoms. The van der Waals surface area contributed by atoms with E-state index in [-0.39, 0.29) is 17.4 Å². The largest absolute Gasteiger partial charge is 0.497 e. The Hall–Kier alpha value is -1.75. The number of hydrogen-bond donors (Lipinski definition) is 1. The zero-order valence-corrected chi connectivity index (χ0v) is 18.8. The van der Waals surface area contributed by atoms with Crippen molar-refractivity contribution in [3.05, 3.63) is 23.8 Å². The van der Waals surface area contributed by atoms with Gasteiger partial charge in [-0.05, 0) is 55.2 Å². The Labute approximate surface area is 176 Å². The van der Waals surface area contributed by atoms with Crippen LogP contribution in [0.5, 0.6) is 11.5 Å². The number of carbonyl (C=O) groups excluding carboxylic acids is 1. The standard InChI is InChI=1S/C24H38N2O3/c1-24(2,3)19-9-6-7-10-20(19)25-16-23(27)26-14-8-11-21(26)18-15-17(28-4)12-13-22(18)29-5/h12-13,15,19-21,25H,6-11,14,16H2,1-5H3. The quantitative estimate of drug-likeness (QED) is 0.758. The van der Waals surface area contributed by atoms with E-state index in [0.29, 0.717) is 18.5 Å². The van der Waals surface area contributed by atoms with Crippen LogP contribution in [-0.4, -0.2) is 44.2 Å². The second-order valence-electron chi connectivity index (χ2n) is 9.60. The molecule has 5 nitrogen and oxygen atoms in total. The number of ether oxygens (including phenoxy) is 2. The number of amides is 1. The molecule has 1 aliphatic heterocycles. The van der Waals surface area contributed by atoms with Crippen LogP contribution in [0.15, 0.2) is 18.2 Å². The van der Waals surface area contributed by atoms with Crippen molar-refractivity contribution in [3.8, 4) is 11.5 Å². The minimum absolute atomic E-state index is 0.0547. The fourth-order valence-electron chi connectivity index (χ4n) is 5.22. The number of rotatable bonds is 6. The molecule has 0 radical (unpaired) electrons. The monoisotopic (exact) mass is 402 g/mol. The van der Waals surface area contributed by atoms with E-state index in [4.69, 9.17) is 9.47 Å². The first-order valence-electron chi connectivity index (χ1n) is 11.1. The summed E-state index contributed by atoms with van der Waals surface area (Å²) in [7, 11) is 3.35. The molecule has 1 amide bonds. The van der Waals surface area contributed by atoms with Gasteiger partial charge in [-0.25, -0.2) is 0 Å². The number of nitrogens with zero attached hydrogens (tertiary/aromatic N) is 1. The lowest BCUT2D eigenvalue weighted by atomic mass is 9.69. The van der Waals surface area contributed by atoms with Gasteiger partial charge in [0.1, 0.15) is 11.5 Å². The summed E-state index contributed by atoms with van der Waals surface area (Å²) in [4.78, 5) is 15.2. The maximum atomic E-state index is 13.2. The van der Waals surface area contributed by atoms with Gasteiger partial charge in [0.25, 0.3) is 0 Å². The van der Waals surface area contributed by atoms with Crippen LogP contribution in [0.3, 0.4) is 0 Å². The molecule has 2 fully saturated rings. The van der Waals surface area contributed by atoms with E-state index in [0.717, 1.165) is 36.4 Å². The predicted molar refractivity (Wildman–Crippen MR) is 116 cm³/mol. The second kappa shape index (κ2) is 9.38. The zero-order valence-electron chi connectivity index (χ0n) is 18.8. The molecule has 1 aliphatic carbocycles. The van der Waals surface area contributed by atoms with E-state index in [1.165, 1.54) is 25.7 Å². The van der Waals surface area contributed by atoms with Crippen molar-refractivity contribution in [3.63, 3.8) is 0 Å². The lowest BCUT2D eigenvalue weighted by molar-refractivity contribution is -0.131. The summed E-state index contributed by atoms with van der Waals surface area (Å²) in [5, 5.41) is 3.63. The first-order valence-corrected chi connectivity index (χ1v) is 11.1. The molecule has 1 saturated carbocycles. The van der Waals surface area contributed by atoms with Crippen molar-refractivity contribution < 1.29 is 14.3 Å². The summed E-state index contributed by atoms with van der Waals surface area (Å²) in [5.74, 6) is 2.43. The summed E-state index contributed by atoms with van der Waals surface area (Å²) in [6, 6.07) is 6.34. The highest BCUT2D eigenvalue weighted by Crippen LogP contribution is 2.40. The molecule has 0 spiro atoms. The fourth-order valence-corrected chi connectivity index (χ4v) is 5.22. The molecule has 5 heteroatoms. The highest BCUT2D eigenvalue weighted by atomic mass is 16.5. The summed E-state index contributed by atoms with van der Waals surface area (Å²) in [6.07, 6.45) is 6.96. The summed E-state index contributed by atoms with van der Waals surface area (Å²) in [6.45, 7) is 8.19. The van der Waals surface area contributed by atoms with Crippen LogP contribution >= 0.6 is 0 Å². The number of likely N-dealkylation sites (tertiary alicyclic amines) is 1. The van der Waals surface area contributed by atoms with Gasteiger partial charge in [0.2, 0.25) is 5.91 Å². The Kier molecular flexibility index (Phi) is 7.10. The zero-order chi connectivity index (χ0) is 21.0. The number of hydrogen-bond acceptors (Lipinski definition) is 4. The lowest BCUT2D eigenvalue weighted by Gasteiger charge is -2.41. The van der Waals surface area contributed by atoms with E-state index in [1.54, 1.807) is 14.2 Å². The molecule has 1 saturated heterocycles. The van der Waals surface area contributed by atoms with Crippen molar-refractivity contribution in [2.75, 3.05) is 27.3 Å². The normalized spacial score (nSPS) is 25.1. The van der Waals surface area contributed by atoms with E-state index >= 15 is 0 Å². The Morgan fingerprint density at radius 1 is 1.10 bits per heavy atom. The van der Waals surface area contributed by atoms with E-state index < -0.39 is 0 Å². The van der Waals surface area contributed by atoms with Gasteiger partial charge in [0, 0.05) is 18.2 Å². The molecule has 29 heavy (non-hydrogen) atoms. The Morgan fingerprint density at radius 2 is 1.86 bits per heavy atom. The molecule has 162 valence electrons. The molecule has 0 aromatic heterocycles. The topological polar surface area (TPSA) is 50.8 Å². The van der Waals surface area contributed by atoms with Gasteiger partial charge in [-0.1, -0.05) is 33.6 Å². The summed E-state index contributed by atoms with van der Waals surface area (Å²) >= 11 is 0. The maximum Gasteiger partial charge on any atom is 0.237 e. The van der Waals surface area contributed by atoms with Crippen LogP contribution in [0.25, 0.3) is 0 Å². The summed E-state index contributed by atoms with van der Waals surface area (Å²) in [5.41, 5.74) is 1.31. The van der Waals surface area contributed by atoms with E-state index in [9.17, 15) is 4.79 Å². The highest BCUT2D eigenvalue weighted by molar-refractivity contribution is 5.79. The Morgan fingerprint density at radius 3 is 2.55 bits per heavy atom. The van der Waals surface area contributed by atoms with Gasteiger partial charge in [-0.3, -0.25) is 4.79 Å². The van der Waals surface area contributed by atoms with E-state index in [2.05, 4.69) is 26.1 Å². The first-order chi connectivity index (χ1) is 13.8. The molecule has 2 aliphatic rings. The molecule has 1 aromatic carbocycles. The predicted octanol–water partition coefficient (Wildman–Crippen LogP) is 4.56. The van der Waals surface area contributed by atoms with Gasteiger partial charge in [0.15, 0.2) is 0 Å². The van der Waals surface area contributed by atoms with Crippen molar-refractivity contribution in [1.29, 1.82) is 0 Å². The average Bonchev–Trinajstić information content (AvgIpc) is 3.20. The van der Waals surface area contributed by atoms with Gasteiger partial charge < -0.3 is 19.7 Å². The molecule has 3 rings (SSSR count). The van der Waals surface area contributed by atoms with Crippen LogP contribution in [0.2, 0.25) is 0 Å². The van der Waals surface area contributed by atoms with Crippen LogP contribution < -0.4 is 14.8 Å². The van der Waals surface area contributed by atoms with Crippen LogP contribution in [0, 0.1) is 11.3 Å². The second-order valence-corrected chi connectivity index (χ2v) is 9.60. The number of benzene rings is 1. The third-order valence-electron chi connectivity index (χ3n) is 6.76. The van der Waals surface area contributed by atoms with Crippen molar-refractivity contribution in [2.45, 2.75) is 71.4 Å². The number of nitrogens with one attached hydrogen (secondary N) is 1. The third kappa shape index (κ3) is 5.06. The lowest BCUT2D eigenvalue weighted by Crippen LogP contribution is -2.48. The van der Waals surface area contributed by atoms with Crippen molar-refractivity contribution in [2.24, 2.45) is 11.3 Å². The molecule has 3 unspecified atom stereocenters. The molecular formula is C24H38N2O3. The molecule has 3 atom stereocenters. The van der Waals surface area contributed by atoms with Gasteiger partial charge >= 0.3 is 0 Å². The van der Waals surface area contributed by atoms with E-state index in [1.807, 2.05) is 23.1 Å². The minimum Gasteiger partial charge on any atom is -0.497 e. The van der Waals surface area contributed by atoms with Gasteiger partial charge in [0.05, 0.1) is 26.8 Å². The SMILES string of the molecule is COc1ccc(OC)c(C2CCCN2C(=O)CNC2CCCCC2C(C)(C)C)c1. The Balaban J connectivity index is 1.69. The molecule has 1 N–H and O–H groups in total. The smallest absolute Gasteiger partial charge is 0.237 e. The van der Waals surface area contributed by atoms with Crippen LogP contribution in [0.4, 0.5) is 0 Å². The Bertz CT molecular complexity index is 698. The number of carbonyl (C=O) groups is 1. The van der Waals surface area contributed by atoms with Crippen molar-refractivity contribution in [1.82, 2.24) is 10.2 Å². The minimum atomic E-state index is 0.0547. The molecule has 1 aromatic rings. The molecular weight excluding hydrogens is 364 g/mol. The average molecular weight is 403 g/mol. The summed E-state index contributed by atoms with van der Waals surface area (Å²) < 4.78 is 11.0. The maximum absolute atomic E-state index is 13.2.